The summed E-state index contributed by atoms with van der Waals surface area (Å²) < 4.78 is 10.7. The van der Waals surface area contributed by atoms with Gasteiger partial charge in [0.1, 0.15) is 5.75 Å². The Morgan fingerprint density at radius 2 is 2.05 bits per heavy atom. The Labute approximate surface area is 125 Å². The molecule has 1 aromatic rings. The Morgan fingerprint density at radius 3 is 2.70 bits per heavy atom. The Hall–Kier alpha value is -1.33. The van der Waals surface area contributed by atoms with Crippen LogP contribution >= 0.6 is 12.2 Å². The summed E-state index contributed by atoms with van der Waals surface area (Å²) in [5.74, 6) is 1.67. The molecule has 110 valence electrons. The normalized spacial score (nSPS) is 13.8. The number of anilines is 1. The Bertz CT molecular complexity index is 418. The topological polar surface area (TPSA) is 42.5 Å². The van der Waals surface area contributed by atoms with Gasteiger partial charge in [-0.05, 0) is 61.7 Å². The summed E-state index contributed by atoms with van der Waals surface area (Å²) in [6.45, 7) is 2.55. The van der Waals surface area contributed by atoms with Crippen LogP contribution in [-0.4, -0.2) is 32.0 Å². The number of hydrogen-bond donors (Lipinski definition) is 2. The molecule has 0 saturated heterocycles. The molecule has 0 unspecified atom stereocenters. The van der Waals surface area contributed by atoms with Gasteiger partial charge in [0, 0.05) is 25.4 Å². The summed E-state index contributed by atoms with van der Waals surface area (Å²) in [6.07, 6.45) is 3.65. The first kappa shape index (κ1) is 15.1. The highest BCUT2D eigenvalue weighted by atomic mass is 32.1. The molecule has 0 amide bonds. The van der Waals surface area contributed by atoms with E-state index in [1.54, 1.807) is 7.11 Å². The molecule has 0 aromatic heterocycles. The van der Waals surface area contributed by atoms with E-state index in [0.29, 0.717) is 5.11 Å². The van der Waals surface area contributed by atoms with Crippen LogP contribution in [0.1, 0.15) is 19.3 Å². The van der Waals surface area contributed by atoms with Crippen molar-refractivity contribution in [3.8, 4) is 5.75 Å². The summed E-state index contributed by atoms with van der Waals surface area (Å²) in [7, 11) is 1.65. The van der Waals surface area contributed by atoms with Crippen LogP contribution in [-0.2, 0) is 4.74 Å². The Morgan fingerprint density at radius 1 is 1.30 bits per heavy atom. The van der Waals surface area contributed by atoms with Crippen molar-refractivity contribution in [3.63, 3.8) is 0 Å². The second-order valence-electron chi connectivity index (χ2n) is 4.98. The van der Waals surface area contributed by atoms with Crippen LogP contribution in [0.25, 0.3) is 0 Å². The number of benzene rings is 1. The van der Waals surface area contributed by atoms with Crippen molar-refractivity contribution < 1.29 is 9.47 Å². The number of nitrogens with one attached hydrogen (secondary N) is 2. The van der Waals surface area contributed by atoms with Gasteiger partial charge >= 0.3 is 0 Å². The summed E-state index contributed by atoms with van der Waals surface area (Å²) in [6, 6.07) is 7.67. The maximum atomic E-state index is 5.57. The average molecular weight is 294 g/mol. The lowest BCUT2D eigenvalue weighted by atomic mass is 10.3. The number of hydrogen-bond acceptors (Lipinski definition) is 3. The minimum absolute atomic E-state index is 0.636. The lowest BCUT2D eigenvalue weighted by Gasteiger charge is -2.11. The molecule has 1 aliphatic carbocycles. The van der Waals surface area contributed by atoms with E-state index in [2.05, 4.69) is 10.6 Å². The largest absolute Gasteiger partial charge is 0.497 e. The molecule has 4 nitrogen and oxygen atoms in total. The summed E-state index contributed by atoms with van der Waals surface area (Å²) >= 11 is 5.23. The molecule has 1 saturated carbocycles. The fourth-order valence-corrected chi connectivity index (χ4v) is 1.98. The molecule has 0 heterocycles. The van der Waals surface area contributed by atoms with Crippen LogP contribution in [0, 0.1) is 5.92 Å². The minimum Gasteiger partial charge on any atom is -0.497 e. The predicted octanol–water partition coefficient (Wildman–Crippen LogP) is 2.80. The molecular formula is C15H22N2O2S. The van der Waals surface area contributed by atoms with E-state index in [4.69, 9.17) is 21.7 Å². The van der Waals surface area contributed by atoms with Crippen molar-refractivity contribution in [2.45, 2.75) is 19.3 Å². The van der Waals surface area contributed by atoms with Gasteiger partial charge in [-0.25, -0.2) is 0 Å². The maximum Gasteiger partial charge on any atom is 0.170 e. The molecule has 20 heavy (non-hydrogen) atoms. The lowest BCUT2D eigenvalue weighted by molar-refractivity contribution is 0.123. The van der Waals surface area contributed by atoms with Gasteiger partial charge in [-0.1, -0.05) is 0 Å². The number of thiocarbonyl (C=S) groups is 1. The van der Waals surface area contributed by atoms with Crippen molar-refractivity contribution in [3.05, 3.63) is 24.3 Å². The zero-order valence-electron chi connectivity index (χ0n) is 11.9. The molecule has 0 bridgehead atoms. The molecule has 5 heteroatoms. The third kappa shape index (κ3) is 5.75. The van der Waals surface area contributed by atoms with Gasteiger partial charge in [0.2, 0.25) is 0 Å². The monoisotopic (exact) mass is 294 g/mol. The number of rotatable bonds is 8. The lowest BCUT2D eigenvalue weighted by Crippen LogP contribution is -2.29. The third-order valence-corrected chi connectivity index (χ3v) is 3.40. The number of methoxy groups -OCH3 is 1. The van der Waals surface area contributed by atoms with E-state index < -0.39 is 0 Å². The van der Waals surface area contributed by atoms with Crippen molar-refractivity contribution in [2.24, 2.45) is 5.92 Å². The van der Waals surface area contributed by atoms with Crippen LogP contribution in [0.3, 0.4) is 0 Å². The van der Waals surface area contributed by atoms with E-state index >= 15 is 0 Å². The fourth-order valence-electron chi connectivity index (χ4n) is 1.76. The Balaban J connectivity index is 1.54. The predicted molar refractivity (Wildman–Crippen MR) is 85.4 cm³/mol. The van der Waals surface area contributed by atoms with E-state index in [1.807, 2.05) is 24.3 Å². The molecule has 1 fully saturated rings. The molecule has 2 rings (SSSR count). The van der Waals surface area contributed by atoms with Crippen molar-refractivity contribution in [1.82, 2.24) is 5.32 Å². The maximum absolute atomic E-state index is 5.57. The second kappa shape index (κ2) is 8.07. The summed E-state index contributed by atoms with van der Waals surface area (Å²) in [4.78, 5) is 0. The SMILES string of the molecule is COc1ccc(NC(=S)NCCCOCC2CC2)cc1. The van der Waals surface area contributed by atoms with Crippen molar-refractivity contribution in [2.75, 3.05) is 32.2 Å². The molecule has 1 aromatic carbocycles. The molecule has 0 aliphatic heterocycles. The van der Waals surface area contributed by atoms with Gasteiger partial charge in [0.05, 0.1) is 7.11 Å². The third-order valence-electron chi connectivity index (χ3n) is 3.15. The van der Waals surface area contributed by atoms with Crippen LogP contribution < -0.4 is 15.4 Å². The smallest absolute Gasteiger partial charge is 0.170 e. The van der Waals surface area contributed by atoms with Crippen LogP contribution in [0.4, 0.5) is 5.69 Å². The first-order chi connectivity index (χ1) is 9.78. The van der Waals surface area contributed by atoms with Crippen LogP contribution in [0.15, 0.2) is 24.3 Å². The zero-order valence-corrected chi connectivity index (χ0v) is 12.7. The van der Waals surface area contributed by atoms with E-state index in [9.17, 15) is 0 Å². The summed E-state index contributed by atoms with van der Waals surface area (Å²) in [5.41, 5.74) is 0.952. The fraction of sp³-hybridized carbons (Fsp3) is 0.533. The highest BCUT2D eigenvalue weighted by molar-refractivity contribution is 7.80. The van der Waals surface area contributed by atoms with Gasteiger partial charge in [-0.2, -0.15) is 0 Å². The zero-order chi connectivity index (χ0) is 14.2. The van der Waals surface area contributed by atoms with Gasteiger partial charge in [0.15, 0.2) is 5.11 Å². The van der Waals surface area contributed by atoms with Crippen molar-refractivity contribution >= 4 is 23.0 Å². The second-order valence-corrected chi connectivity index (χ2v) is 5.39. The molecule has 1 aliphatic rings. The van der Waals surface area contributed by atoms with Crippen molar-refractivity contribution in [1.29, 1.82) is 0 Å². The van der Waals surface area contributed by atoms with E-state index in [-0.39, 0.29) is 0 Å². The minimum atomic E-state index is 0.636. The van der Waals surface area contributed by atoms with E-state index in [1.165, 1.54) is 12.8 Å². The molecular weight excluding hydrogens is 272 g/mol. The number of ether oxygens (including phenoxy) is 2. The highest BCUT2D eigenvalue weighted by Gasteiger charge is 2.20. The van der Waals surface area contributed by atoms with Gasteiger partial charge in [-0.3, -0.25) is 0 Å². The average Bonchev–Trinajstić information content (AvgIpc) is 3.27. The molecule has 0 radical (unpaired) electrons. The standard InChI is InChI=1S/C15H22N2O2S/c1-18-14-7-5-13(6-8-14)17-15(20)16-9-2-10-19-11-12-3-4-12/h5-8,12H,2-4,9-11H2,1H3,(H2,16,17,20). The quantitative estimate of drug-likeness (QED) is 0.570. The first-order valence-corrected chi connectivity index (χ1v) is 7.45. The van der Waals surface area contributed by atoms with E-state index in [0.717, 1.165) is 43.5 Å². The van der Waals surface area contributed by atoms with Gasteiger partial charge in [0.25, 0.3) is 0 Å². The first-order valence-electron chi connectivity index (χ1n) is 7.04. The summed E-state index contributed by atoms with van der Waals surface area (Å²) in [5, 5.41) is 6.95. The highest BCUT2D eigenvalue weighted by Crippen LogP contribution is 2.28. The molecule has 2 N–H and O–H groups in total. The van der Waals surface area contributed by atoms with Crippen LogP contribution in [0.5, 0.6) is 5.75 Å². The Kier molecular flexibility index (Phi) is 6.08. The van der Waals surface area contributed by atoms with Crippen LogP contribution in [0.2, 0.25) is 0 Å². The van der Waals surface area contributed by atoms with Gasteiger partial charge in [-0.15, -0.1) is 0 Å². The van der Waals surface area contributed by atoms with Gasteiger partial charge < -0.3 is 20.1 Å². The molecule has 0 spiro atoms. The molecule has 0 atom stereocenters.